The molecule has 0 bridgehead atoms. The van der Waals surface area contributed by atoms with Crippen molar-refractivity contribution >= 4 is 5.78 Å². The van der Waals surface area contributed by atoms with E-state index in [4.69, 9.17) is 19.9 Å². The van der Waals surface area contributed by atoms with Crippen LogP contribution in [0.25, 0.3) is 0 Å². The fourth-order valence-corrected chi connectivity index (χ4v) is 1.76. The highest BCUT2D eigenvalue weighted by atomic mass is 16.5. The molecule has 0 fully saturated rings. The molecule has 0 amide bonds. The monoisotopic (exact) mass is 267 g/mol. The molecule has 1 rings (SSSR count). The van der Waals surface area contributed by atoms with Crippen LogP contribution in [0.1, 0.15) is 23.7 Å². The molecule has 5 nitrogen and oxygen atoms in total. The molecule has 0 spiro atoms. The molecule has 0 aliphatic rings. The number of carbonyl (C=O) groups is 1. The third-order valence-electron chi connectivity index (χ3n) is 2.94. The number of nitrogens with two attached hydrogens (primary N) is 1. The zero-order chi connectivity index (χ0) is 14.4. The van der Waals surface area contributed by atoms with Crippen LogP contribution in [0.15, 0.2) is 12.1 Å². The van der Waals surface area contributed by atoms with Crippen LogP contribution in [0.5, 0.6) is 17.2 Å². The van der Waals surface area contributed by atoms with Gasteiger partial charge in [0.2, 0.25) is 0 Å². The Hall–Kier alpha value is -1.75. The van der Waals surface area contributed by atoms with Crippen LogP contribution in [-0.2, 0) is 0 Å². The Kier molecular flexibility index (Phi) is 5.63. The molecule has 0 aliphatic carbocycles. The third-order valence-corrected chi connectivity index (χ3v) is 2.94. The summed E-state index contributed by atoms with van der Waals surface area (Å²) in [4.78, 5) is 12.2. The molecule has 2 N–H and O–H groups in total. The number of rotatable bonds is 7. The average molecular weight is 267 g/mol. The van der Waals surface area contributed by atoms with Crippen LogP contribution in [0.3, 0.4) is 0 Å². The quantitative estimate of drug-likeness (QED) is 0.764. The van der Waals surface area contributed by atoms with Crippen LogP contribution in [0, 0.1) is 5.92 Å². The maximum atomic E-state index is 12.2. The highest BCUT2D eigenvalue weighted by Gasteiger charge is 2.19. The molecule has 0 saturated heterocycles. The van der Waals surface area contributed by atoms with E-state index in [-0.39, 0.29) is 11.7 Å². The van der Waals surface area contributed by atoms with Gasteiger partial charge in [0.15, 0.2) is 17.3 Å². The fraction of sp³-hybridized carbons (Fsp3) is 0.500. The van der Waals surface area contributed by atoms with E-state index in [0.29, 0.717) is 35.8 Å². The Morgan fingerprint density at radius 3 is 2.11 bits per heavy atom. The predicted molar refractivity (Wildman–Crippen MR) is 73.3 cm³/mol. The van der Waals surface area contributed by atoms with Gasteiger partial charge in [-0.3, -0.25) is 4.79 Å². The van der Waals surface area contributed by atoms with E-state index in [2.05, 4.69) is 0 Å². The van der Waals surface area contributed by atoms with E-state index in [1.165, 1.54) is 21.3 Å². The predicted octanol–water partition coefficient (Wildman–Crippen LogP) is 1.88. The molecule has 0 radical (unpaired) electrons. The lowest BCUT2D eigenvalue weighted by Gasteiger charge is -2.14. The number of carbonyl (C=O) groups excluding carboxylic acids is 1. The number of Topliss-reactive ketones (excluding diaryl/α,β-unsaturated/α-hetero) is 1. The van der Waals surface area contributed by atoms with Gasteiger partial charge in [0.05, 0.1) is 26.9 Å². The van der Waals surface area contributed by atoms with Gasteiger partial charge in [-0.05, 0) is 18.5 Å². The largest absolute Gasteiger partial charge is 0.496 e. The van der Waals surface area contributed by atoms with Crippen molar-refractivity contribution in [1.82, 2.24) is 0 Å². The summed E-state index contributed by atoms with van der Waals surface area (Å²) in [7, 11) is 4.58. The number of ketones is 1. The van der Waals surface area contributed by atoms with Gasteiger partial charge in [-0.2, -0.15) is 0 Å². The van der Waals surface area contributed by atoms with Crippen molar-refractivity contribution in [3.05, 3.63) is 17.7 Å². The van der Waals surface area contributed by atoms with E-state index in [9.17, 15) is 4.79 Å². The van der Waals surface area contributed by atoms with E-state index >= 15 is 0 Å². The van der Waals surface area contributed by atoms with E-state index in [1.807, 2.05) is 6.92 Å². The van der Waals surface area contributed by atoms with E-state index < -0.39 is 0 Å². The van der Waals surface area contributed by atoms with Gasteiger partial charge < -0.3 is 19.9 Å². The summed E-state index contributed by atoms with van der Waals surface area (Å²) in [6, 6.07) is 3.29. The van der Waals surface area contributed by atoms with Gasteiger partial charge in [-0.15, -0.1) is 0 Å². The second kappa shape index (κ2) is 6.99. The van der Waals surface area contributed by atoms with Crippen molar-refractivity contribution in [2.24, 2.45) is 11.7 Å². The smallest absolute Gasteiger partial charge is 0.167 e. The van der Waals surface area contributed by atoms with Gasteiger partial charge in [0.1, 0.15) is 5.75 Å². The van der Waals surface area contributed by atoms with Crippen molar-refractivity contribution in [3.63, 3.8) is 0 Å². The molecule has 106 valence electrons. The van der Waals surface area contributed by atoms with Crippen LogP contribution >= 0.6 is 0 Å². The van der Waals surface area contributed by atoms with Crippen LogP contribution < -0.4 is 19.9 Å². The van der Waals surface area contributed by atoms with Gasteiger partial charge >= 0.3 is 0 Å². The highest BCUT2D eigenvalue weighted by molar-refractivity contribution is 5.99. The number of methoxy groups -OCH3 is 3. The Labute approximate surface area is 113 Å². The van der Waals surface area contributed by atoms with Crippen molar-refractivity contribution in [3.8, 4) is 17.2 Å². The van der Waals surface area contributed by atoms with Crippen molar-refractivity contribution in [1.29, 1.82) is 0 Å². The fourth-order valence-electron chi connectivity index (χ4n) is 1.76. The van der Waals surface area contributed by atoms with Crippen molar-refractivity contribution in [2.45, 2.75) is 13.3 Å². The van der Waals surface area contributed by atoms with Crippen molar-refractivity contribution < 1.29 is 19.0 Å². The second-order valence-electron chi connectivity index (χ2n) is 4.38. The lowest BCUT2D eigenvalue weighted by Crippen LogP contribution is -2.15. The van der Waals surface area contributed by atoms with E-state index in [0.717, 1.165) is 0 Å². The molecule has 0 heterocycles. The molecule has 19 heavy (non-hydrogen) atoms. The number of ether oxygens (including phenoxy) is 3. The Bertz CT molecular complexity index is 445. The van der Waals surface area contributed by atoms with Crippen LogP contribution in [0.4, 0.5) is 0 Å². The topological polar surface area (TPSA) is 70.8 Å². The first-order valence-electron chi connectivity index (χ1n) is 6.10. The first-order chi connectivity index (χ1) is 9.07. The maximum absolute atomic E-state index is 12.2. The molecule has 1 aromatic carbocycles. The maximum Gasteiger partial charge on any atom is 0.167 e. The SMILES string of the molecule is COc1cc(OC)c(C(=O)CC(C)CN)cc1OC. The number of hydrogen-bond donors (Lipinski definition) is 1. The van der Waals surface area contributed by atoms with Gasteiger partial charge in [0, 0.05) is 12.5 Å². The summed E-state index contributed by atoms with van der Waals surface area (Å²) >= 11 is 0. The molecule has 1 unspecified atom stereocenters. The number of benzene rings is 1. The molecular weight excluding hydrogens is 246 g/mol. The summed E-state index contributed by atoms with van der Waals surface area (Å²) in [6.07, 6.45) is 0.377. The zero-order valence-corrected chi connectivity index (χ0v) is 11.9. The minimum absolute atomic E-state index is 0.0178. The minimum atomic E-state index is -0.0178. The normalized spacial score (nSPS) is 11.8. The Morgan fingerprint density at radius 1 is 1.11 bits per heavy atom. The summed E-state index contributed by atoms with van der Waals surface area (Å²) in [6.45, 7) is 2.41. The summed E-state index contributed by atoms with van der Waals surface area (Å²) in [5.74, 6) is 1.63. The Morgan fingerprint density at radius 2 is 1.63 bits per heavy atom. The van der Waals surface area contributed by atoms with E-state index in [1.54, 1.807) is 12.1 Å². The second-order valence-corrected chi connectivity index (χ2v) is 4.38. The summed E-state index contributed by atoms with van der Waals surface area (Å²) < 4.78 is 15.6. The van der Waals surface area contributed by atoms with Gasteiger partial charge in [-0.25, -0.2) is 0 Å². The first-order valence-corrected chi connectivity index (χ1v) is 6.10. The molecule has 1 atom stereocenters. The standard InChI is InChI=1S/C14H21NO4/c1-9(8-15)5-11(16)10-6-13(18-3)14(19-4)7-12(10)17-2/h6-7,9H,5,8,15H2,1-4H3. The lowest BCUT2D eigenvalue weighted by atomic mass is 9.99. The molecule has 0 saturated carbocycles. The molecular formula is C14H21NO4. The molecule has 5 heteroatoms. The molecule has 1 aromatic rings. The highest BCUT2D eigenvalue weighted by Crippen LogP contribution is 2.35. The summed E-state index contributed by atoms with van der Waals surface area (Å²) in [5, 5.41) is 0. The average Bonchev–Trinajstić information content (AvgIpc) is 2.45. The molecule has 0 aliphatic heterocycles. The van der Waals surface area contributed by atoms with Crippen LogP contribution in [0.2, 0.25) is 0 Å². The van der Waals surface area contributed by atoms with Crippen molar-refractivity contribution in [2.75, 3.05) is 27.9 Å². The number of hydrogen-bond acceptors (Lipinski definition) is 5. The third kappa shape index (κ3) is 3.61. The molecule has 0 aromatic heterocycles. The summed E-state index contributed by atoms with van der Waals surface area (Å²) in [5.41, 5.74) is 6.03. The van der Waals surface area contributed by atoms with Gasteiger partial charge in [-0.1, -0.05) is 6.92 Å². The minimum Gasteiger partial charge on any atom is -0.496 e. The first kappa shape index (κ1) is 15.3. The zero-order valence-electron chi connectivity index (χ0n) is 11.9. The van der Waals surface area contributed by atoms with Crippen LogP contribution in [-0.4, -0.2) is 33.7 Å². The van der Waals surface area contributed by atoms with Gasteiger partial charge in [0.25, 0.3) is 0 Å². The Balaban J connectivity index is 3.14. The lowest BCUT2D eigenvalue weighted by molar-refractivity contribution is 0.0962.